The molecule has 1 aromatic carbocycles. The van der Waals surface area contributed by atoms with Crippen LogP contribution >= 0.6 is 0 Å². The first-order valence-electron chi connectivity index (χ1n) is 6.04. The van der Waals surface area contributed by atoms with Crippen LogP contribution in [0.5, 0.6) is 0 Å². The van der Waals surface area contributed by atoms with Crippen LogP contribution in [0.1, 0.15) is 24.2 Å². The van der Waals surface area contributed by atoms with Crippen molar-refractivity contribution in [2.24, 2.45) is 0 Å². The molecule has 0 aromatic heterocycles. The summed E-state index contributed by atoms with van der Waals surface area (Å²) in [5.74, 6) is -0.584. The third-order valence-electron chi connectivity index (χ3n) is 2.55. The lowest BCUT2D eigenvalue weighted by Crippen LogP contribution is -2.28. The smallest absolute Gasteiger partial charge is 0.328 e. The van der Waals surface area contributed by atoms with Gasteiger partial charge in [0.05, 0.1) is 18.0 Å². The Balaban J connectivity index is 2.88. The van der Waals surface area contributed by atoms with Crippen molar-refractivity contribution >= 4 is 23.3 Å². The number of hydrogen-bond donors (Lipinski definition) is 3. The molecule has 0 bridgehead atoms. The van der Waals surface area contributed by atoms with Gasteiger partial charge in [-0.25, -0.2) is 4.79 Å². The van der Waals surface area contributed by atoms with Crippen LogP contribution in [0.2, 0.25) is 0 Å². The van der Waals surface area contributed by atoms with Gasteiger partial charge in [0.25, 0.3) is 5.91 Å². The number of benzene rings is 1. The Bertz CT molecular complexity index is 474. The van der Waals surface area contributed by atoms with Crippen LogP contribution in [-0.2, 0) is 9.53 Å². The molecule has 0 aliphatic carbocycles. The first kappa shape index (κ1) is 14.8. The van der Waals surface area contributed by atoms with E-state index >= 15 is 0 Å². The number of amides is 1. The van der Waals surface area contributed by atoms with Crippen molar-refractivity contribution in [1.29, 1.82) is 0 Å². The van der Waals surface area contributed by atoms with Crippen LogP contribution < -0.4 is 16.4 Å². The van der Waals surface area contributed by atoms with Gasteiger partial charge < -0.3 is 21.1 Å². The molecule has 19 heavy (non-hydrogen) atoms. The SMILES string of the molecule is CCOC(=O)C(C)Nc1cc(C(=O)NC)ccc1N. The van der Waals surface area contributed by atoms with Gasteiger partial charge in [-0.1, -0.05) is 0 Å². The molecule has 1 rings (SSSR count). The van der Waals surface area contributed by atoms with Crippen LogP contribution in [-0.4, -0.2) is 31.6 Å². The third-order valence-corrected chi connectivity index (χ3v) is 2.55. The number of esters is 1. The van der Waals surface area contributed by atoms with E-state index < -0.39 is 6.04 Å². The predicted octanol–water partition coefficient (Wildman–Crippen LogP) is 0.992. The fourth-order valence-electron chi connectivity index (χ4n) is 1.53. The second kappa shape index (κ2) is 6.63. The van der Waals surface area contributed by atoms with Gasteiger partial charge in [-0.15, -0.1) is 0 Å². The molecule has 1 aromatic rings. The number of nitrogens with one attached hydrogen (secondary N) is 2. The minimum absolute atomic E-state index is 0.216. The van der Waals surface area contributed by atoms with Gasteiger partial charge in [-0.3, -0.25) is 4.79 Å². The van der Waals surface area contributed by atoms with E-state index in [-0.39, 0.29) is 11.9 Å². The Hall–Kier alpha value is -2.24. The van der Waals surface area contributed by atoms with E-state index in [9.17, 15) is 9.59 Å². The van der Waals surface area contributed by atoms with Crippen molar-refractivity contribution in [2.45, 2.75) is 19.9 Å². The summed E-state index contributed by atoms with van der Waals surface area (Å²) in [6.07, 6.45) is 0. The molecule has 1 atom stereocenters. The first-order chi connectivity index (χ1) is 8.99. The average molecular weight is 265 g/mol. The largest absolute Gasteiger partial charge is 0.464 e. The molecule has 0 saturated carbocycles. The Morgan fingerprint density at radius 3 is 2.68 bits per heavy atom. The number of rotatable bonds is 5. The van der Waals surface area contributed by atoms with Gasteiger partial charge in [0.2, 0.25) is 0 Å². The molecule has 1 amide bonds. The standard InChI is InChI=1S/C13H19N3O3/c1-4-19-13(18)8(2)16-11-7-9(12(17)15-3)5-6-10(11)14/h5-8,16H,4,14H2,1-3H3,(H,15,17). The number of carbonyl (C=O) groups is 2. The molecule has 6 heteroatoms. The van der Waals surface area contributed by atoms with Crippen LogP contribution in [0.3, 0.4) is 0 Å². The second-order valence-electron chi connectivity index (χ2n) is 4.00. The van der Waals surface area contributed by atoms with Crippen molar-refractivity contribution < 1.29 is 14.3 Å². The lowest BCUT2D eigenvalue weighted by Gasteiger charge is -2.16. The first-order valence-corrected chi connectivity index (χ1v) is 6.04. The average Bonchev–Trinajstić information content (AvgIpc) is 2.40. The van der Waals surface area contributed by atoms with E-state index in [0.29, 0.717) is 23.5 Å². The van der Waals surface area contributed by atoms with Crippen LogP contribution in [0.15, 0.2) is 18.2 Å². The molecule has 1 unspecified atom stereocenters. The highest BCUT2D eigenvalue weighted by atomic mass is 16.5. The summed E-state index contributed by atoms with van der Waals surface area (Å²) in [6, 6.07) is 4.30. The molecule has 0 heterocycles. The molecular formula is C13H19N3O3. The number of carbonyl (C=O) groups excluding carboxylic acids is 2. The predicted molar refractivity (Wildman–Crippen MR) is 74.0 cm³/mol. The fourth-order valence-corrected chi connectivity index (χ4v) is 1.53. The Morgan fingerprint density at radius 1 is 1.42 bits per heavy atom. The van der Waals surface area contributed by atoms with Crippen molar-refractivity contribution in [3.05, 3.63) is 23.8 Å². The van der Waals surface area contributed by atoms with Gasteiger partial charge in [0.1, 0.15) is 6.04 Å². The molecule has 0 aliphatic rings. The van der Waals surface area contributed by atoms with Crippen molar-refractivity contribution in [3.63, 3.8) is 0 Å². The van der Waals surface area contributed by atoms with Gasteiger partial charge in [0, 0.05) is 12.6 Å². The summed E-state index contributed by atoms with van der Waals surface area (Å²) in [5, 5.41) is 5.46. The molecule has 0 radical (unpaired) electrons. The van der Waals surface area contributed by atoms with E-state index in [2.05, 4.69) is 10.6 Å². The van der Waals surface area contributed by atoms with Crippen molar-refractivity contribution in [1.82, 2.24) is 5.32 Å². The van der Waals surface area contributed by atoms with E-state index in [1.54, 1.807) is 39.1 Å². The maximum absolute atomic E-state index is 11.5. The molecule has 0 saturated heterocycles. The molecule has 0 fully saturated rings. The molecular weight excluding hydrogens is 246 g/mol. The van der Waals surface area contributed by atoms with Crippen LogP contribution in [0.4, 0.5) is 11.4 Å². The van der Waals surface area contributed by atoms with Gasteiger partial charge in [0.15, 0.2) is 0 Å². The Labute approximate surface area is 112 Å². The number of nitrogen functional groups attached to an aromatic ring is 1. The Morgan fingerprint density at radius 2 is 2.11 bits per heavy atom. The topological polar surface area (TPSA) is 93.4 Å². The van der Waals surface area contributed by atoms with Gasteiger partial charge >= 0.3 is 5.97 Å². The van der Waals surface area contributed by atoms with Crippen molar-refractivity contribution in [3.8, 4) is 0 Å². The van der Waals surface area contributed by atoms with Gasteiger partial charge in [-0.05, 0) is 32.0 Å². The van der Waals surface area contributed by atoms with E-state index in [1.165, 1.54) is 0 Å². The molecule has 104 valence electrons. The minimum Gasteiger partial charge on any atom is -0.464 e. The number of ether oxygens (including phenoxy) is 1. The van der Waals surface area contributed by atoms with E-state index in [1.807, 2.05) is 0 Å². The summed E-state index contributed by atoms with van der Waals surface area (Å²) in [7, 11) is 1.55. The fraction of sp³-hybridized carbons (Fsp3) is 0.385. The lowest BCUT2D eigenvalue weighted by molar-refractivity contribution is -0.143. The summed E-state index contributed by atoms with van der Waals surface area (Å²) in [4.78, 5) is 23.1. The van der Waals surface area contributed by atoms with Crippen molar-refractivity contribution in [2.75, 3.05) is 24.7 Å². The summed E-state index contributed by atoms with van der Waals surface area (Å²) < 4.78 is 4.89. The minimum atomic E-state index is -0.540. The summed E-state index contributed by atoms with van der Waals surface area (Å²) in [5.41, 5.74) is 7.27. The summed E-state index contributed by atoms with van der Waals surface area (Å²) >= 11 is 0. The van der Waals surface area contributed by atoms with E-state index in [4.69, 9.17) is 10.5 Å². The maximum Gasteiger partial charge on any atom is 0.328 e. The lowest BCUT2D eigenvalue weighted by atomic mass is 10.1. The third kappa shape index (κ3) is 3.87. The zero-order valence-corrected chi connectivity index (χ0v) is 11.3. The molecule has 4 N–H and O–H groups in total. The number of anilines is 2. The Kier molecular flexibility index (Phi) is 5.17. The number of hydrogen-bond acceptors (Lipinski definition) is 5. The highest BCUT2D eigenvalue weighted by Gasteiger charge is 2.15. The molecule has 6 nitrogen and oxygen atoms in total. The zero-order valence-electron chi connectivity index (χ0n) is 11.3. The zero-order chi connectivity index (χ0) is 14.4. The van der Waals surface area contributed by atoms with Gasteiger partial charge in [-0.2, -0.15) is 0 Å². The monoisotopic (exact) mass is 265 g/mol. The van der Waals surface area contributed by atoms with E-state index in [0.717, 1.165) is 0 Å². The maximum atomic E-state index is 11.5. The highest BCUT2D eigenvalue weighted by Crippen LogP contribution is 2.21. The van der Waals surface area contributed by atoms with Crippen LogP contribution in [0.25, 0.3) is 0 Å². The summed E-state index contributed by atoms with van der Waals surface area (Å²) in [6.45, 7) is 3.73. The quantitative estimate of drug-likeness (QED) is 0.545. The second-order valence-corrected chi connectivity index (χ2v) is 4.00. The molecule has 0 spiro atoms. The van der Waals surface area contributed by atoms with Crippen LogP contribution in [0, 0.1) is 0 Å². The normalized spacial score (nSPS) is 11.5. The number of nitrogens with two attached hydrogens (primary N) is 1. The molecule has 0 aliphatic heterocycles. The highest BCUT2D eigenvalue weighted by molar-refractivity contribution is 5.96.